The number of carbonyl (C=O) groups is 2. The SMILES string of the molecule is Cc1ccc(NC(=O)C2CC(=O)N(Cc3ccc4c(c3)OCO4)C2)cc1. The van der Waals surface area contributed by atoms with Gasteiger partial charge in [0.15, 0.2) is 11.5 Å². The van der Waals surface area contributed by atoms with E-state index in [4.69, 9.17) is 9.47 Å². The minimum atomic E-state index is -0.335. The molecule has 2 aliphatic heterocycles. The molecule has 0 bridgehead atoms. The zero-order valence-electron chi connectivity index (χ0n) is 14.5. The van der Waals surface area contributed by atoms with Crippen LogP contribution in [-0.4, -0.2) is 30.1 Å². The summed E-state index contributed by atoms with van der Waals surface area (Å²) in [5.41, 5.74) is 2.85. The van der Waals surface area contributed by atoms with Gasteiger partial charge in [0.1, 0.15) is 0 Å². The third-order valence-electron chi connectivity index (χ3n) is 4.71. The Balaban J connectivity index is 1.38. The fraction of sp³-hybridized carbons (Fsp3) is 0.300. The van der Waals surface area contributed by atoms with Crippen molar-refractivity contribution in [3.63, 3.8) is 0 Å². The molecule has 2 heterocycles. The molecule has 26 heavy (non-hydrogen) atoms. The summed E-state index contributed by atoms with van der Waals surface area (Å²) in [5.74, 6) is 0.958. The molecule has 6 nitrogen and oxygen atoms in total. The molecule has 1 saturated heterocycles. The number of ether oxygens (including phenoxy) is 2. The fourth-order valence-electron chi connectivity index (χ4n) is 3.24. The molecule has 4 rings (SSSR count). The first-order chi connectivity index (χ1) is 12.6. The van der Waals surface area contributed by atoms with Gasteiger partial charge < -0.3 is 19.7 Å². The highest BCUT2D eigenvalue weighted by atomic mass is 16.7. The van der Waals surface area contributed by atoms with Crippen molar-refractivity contribution in [2.45, 2.75) is 19.9 Å². The highest BCUT2D eigenvalue weighted by Crippen LogP contribution is 2.33. The van der Waals surface area contributed by atoms with Crippen molar-refractivity contribution in [3.05, 3.63) is 53.6 Å². The van der Waals surface area contributed by atoms with Gasteiger partial charge in [0, 0.05) is 25.2 Å². The smallest absolute Gasteiger partial charge is 0.231 e. The lowest BCUT2D eigenvalue weighted by atomic mass is 10.1. The third-order valence-corrected chi connectivity index (χ3v) is 4.71. The summed E-state index contributed by atoms with van der Waals surface area (Å²) in [6.45, 7) is 3.10. The minimum Gasteiger partial charge on any atom is -0.454 e. The number of carbonyl (C=O) groups excluding carboxylic acids is 2. The number of benzene rings is 2. The van der Waals surface area contributed by atoms with Crippen LogP contribution in [0.3, 0.4) is 0 Å². The van der Waals surface area contributed by atoms with Crippen LogP contribution in [0.1, 0.15) is 17.5 Å². The van der Waals surface area contributed by atoms with Gasteiger partial charge >= 0.3 is 0 Å². The number of likely N-dealkylation sites (tertiary alicyclic amines) is 1. The molecule has 6 heteroatoms. The van der Waals surface area contributed by atoms with Crippen LogP contribution in [0.15, 0.2) is 42.5 Å². The molecule has 0 aromatic heterocycles. The lowest BCUT2D eigenvalue weighted by Gasteiger charge is -2.17. The van der Waals surface area contributed by atoms with Gasteiger partial charge in [0.05, 0.1) is 5.92 Å². The topological polar surface area (TPSA) is 67.9 Å². The fourth-order valence-corrected chi connectivity index (χ4v) is 3.24. The number of amides is 2. The second kappa shape index (κ2) is 6.71. The summed E-state index contributed by atoms with van der Waals surface area (Å²) in [6.07, 6.45) is 0.238. The Morgan fingerprint density at radius 1 is 1.15 bits per heavy atom. The monoisotopic (exact) mass is 352 g/mol. The van der Waals surface area contributed by atoms with Crippen LogP contribution < -0.4 is 14.8 Å². The number of rotatable bonds is 4. The molecule has 2 aromatic rings. The molecule has 1 atom stereocenters. The number of fused-ring (bicyclic) bond motifs is 1. The Bertz CT molecular complexity index is 847. The molecule has 0 radical (unpaired) electrons. The first-order valence-corrected chi connectivity index (χ1v) is 8.62. The average Bonchev–Trinajstić information content (AvgIpc) is 3.23. The summed E-state index contributed by atoms with van der Waals surface area (Å²) in [7, 11) is 0. The largest absolute Gasteiger partial charge is 0.454 e. The van der Waals surface area contributed by atoms with Crippen LogP contribution in [0, 0.1) is 12.8 Å². The molecule has 0 saturated carbocycles. The maximum Gasteiger partial charge on any atom is 0.231 e. The second-order valence-corrected chi connectivity index (χ2v) is 6.72. The van der Waals surface area contributed by atoms with Gasteiger partial charge in [-0.2, -0.15) is 0 Å². The Labute approximate surface area is 151 Å². The van der Waals surface area contributed by atoms with Gasteiger partial charge in [-0.05, 0) is 36.8 Å². The molecule has 1 unspecified atom stereocenters. The van der Waals surface area contributed by atoms with Crippen LogP contribution in [0.5, 0.6) is 11.5 Å². The first-order valence-electron chi connectivity index (χ1n) is 8.62. The molecule has 1 N–H and O–H groups in total. The molecular formula is C20H20N2O4. The summed E-state index contributed by atoms with van der Waals surface area (Å²) in [5, 5.41) is 2.90. The van der Waals surface area contributed by atoms with Crippen molar-refractivity contribution in [2.75, 3.05) is 18.7 Å². The molecule has 2 amide bonds. The number of nitrogens with zero attached hydrogens (tertiary/aromatic N) is 1. The van der Waals surface area contributed by atoms with Gasteiger partial charge in [0.25, 0.3) is 0 Å². The Kier molecular flexibility index (Phi) is 4.24. The summed E-state index contributed by atoms with van der Waals surface area (Å²) >= 11 is 0. The lowest BCUT2D eigenvalue weighted by molar-refractivity contribution is -0.128. The van der Waals surface area contributed by atoms with E-state index < -0.39 is 0 Å². The predicted molar refractivity (Wildman–Crippen MR) is 95.9 cm³/mol. The van der Waals surface area contributed by atoms with Crippen molar-refractivity contribution < 1.29 is 19.1 Å². The van der Waals surface area contributed by atoms with E-state index >= 15 is 0 Å². The quantitative estimate of drug-likeness (QED) is 0.919. The van der Waals surface area contributed by atoms with Crippen molar-refractivity contribution in [1.82, 2.24) is 4.90 Å². The van der Waals surface area contributed by atoms with Gasteiger partial charge in [-0.25, -0.2) is 0 Å². The third kappa shape index (κ3) is 3.35. The van der Waals surface area contributed by atoms with Crippen LogP contribution in [-0.2, 0) is 16.1 Å². The standard InChI is InChI=1S/C20H20N2O4/c1-13-2-5-16(6-3-13)21-20(24)15-9-19(23)22(11-15)10-14-4-7-17-18(8-14)26-12-25-17/h2-8,15H,9-12H2,1H3,(H,21,24). The van der Waals surface area contributed by atoms with Gasteiger partial charge in [-0.15, -0.1) is 0 Å². The molecule has 0 spiro atoms. The van der Waals surface area contributed by atoms with Crippen LogP contribution in [0.25, 0.3) is 0 Å². The van der Waals surface area contributed by atoms with Crippen molar-refractivity contribution in [1.29, 1.82) is 0 Å². The van der Waals surface area contributed by atoms with Crippen LogP contribution >= 0.6 is 0 Å². The number of hydrogen-bond acceptors (Lipinski definition) is 4. The summed E-state index contributed by atoms with van der Waals surface area (Å²) < 4.78 is 10.7. The minimum absolute atomic E-state index is 0.00766. The van der Waals surface area contributed by atoms with Crippen molar-refractivity contribution in [2.24, 2.45) is 5.92 Å². The first kappa shape index (κ1) is 16.4. The average molecular weight is 352 g/mol. The summed E-state index contributed by atoms with van der Waals surface area (Å²) in [6, 6.07) is 13.3. The van der Waals surface area contributed by atoms with Crippen molar-refractivity contribution >= 4 is 17.5 Å². The van der Waals surface area contributed by atoms with E-state index in [2.05, 4.69) is 5.32 Å². The van der Waals surface area contributed by atoms with E-state index in [1.54, 1.807) is 4.90 Å². The highest BCUT2D eigenvalue weighted by molar-refractivity contribution is 5.97. The van der Waals surface area contributed by atoms with Crippen LogP contribution in [0.4, 0.5) is 5.69 Å². The van der Waals surface area contributed by atoms with Crippen molar-refractivity contribution in [3.8, 4) is 11.5 Å². The number of aryl methyl sites for hydroxylation is 1. The van der Waals surface area contributed by atoms with Gasteiger partial charge in [-0.3, -0.25) is 9.59 Å². The molecule has 1 fully saturated rings. The molecule has 134 valence electrons. The molecule has 2 aromatic carbocycles. The maximum atomic E-state index is 12.5. The van der Waals surface area contributed by atoms with E-state index in [0.29, 0.717) is 18.8 Å². The predicted octanol–water partition coefficient (Wildman–Crippen LogP) is 2.71. The zero-order chi connectivity index (χ0) is 18.1. The Morgan fingerprint density at radius 3 is 2.73 bits per heavy atom. The van der Waals surface area contributed by atoms with E-state index in [1.807, 2.05) is 49.4 Å². The van der Waals surface area contributed by atoms with Gasteiger partial charge in [0.2, 0.25) is 18.6 Å². The number of nitrogens with one attached hydrogen (secondary N) is 1. The van der Waals surface area contributed by atoms with Crippen LogP contribution in [0.2, 0.25) is 0 Å². The van der Waals surface area contributed by atoms with E-state index in [0.717, 1.165) is 22.6 Å². The summed E-state index contributed by atoms with van der Waals surface area (Å²) in [4.78, 5) is 26.5. The molecular weight excluding hydrogens is 332 g/mol. The maximum absolute atomic E-state index is 12.5. The van der Waals surface area contributed by atoms with E-state index in [-0.39, 0.29) is 30.9 Å². The molecule has 0 aliphatic carbocycles. The van der Waals surface area contributed by atoms with E-state index in [9.17, 15) is 9.59 Å². The Morgan fingerprint density at radius 2 is 1.92 bits per heavy atom. The van der Waals surface area contributed by atoms with Gasteiger partial charge in [-0.1, -0.05) is 23.8 Å². The zero-order valence-corrected chi connectivity index (χ0v) is 14.5. The second-order valence-electron chi connectivity index (χ2n) is 6.72. The Hall–Kier alpha value is -3.02. The molecule has 2 aliphatic rings. The number of hydrogen-bond donors (Lipinski definition) is 1. The normalized spacial score (nSPS) is 18.3. The lowest BCUT2D eigenvalue weighted by Crippen LogP contribution is -2.28. The van der Waals surface area contributed by atoms with E-state index in [1.165, 1.54) is 0 Å². The highest BCUT2D eigenvalue weighted by Gasteiger charge is 2.34. The number of anilines is 1.